The third-order valence-corrected chi connectivity index (χ3v) is 5.32. The van der Waals surface area contributed by atoms with E-state index in [1.807, 2.05) is 12.4 Å². The van der Waals surface area contributed by atoms with Crippen LogP contribution in [-0.2, 0) is 6.42 Å². The topological polar surface area (TPSA) is 38.2 Å². The zero-order chi connectivity index (χ0) is 17.6. The highest BCUT2D eigenvalue weighted by Gasteiger charge is 2.56. The first-order valence-electron chi connectivity index (χ1n) is 8.71. The maximum absolute atomic E-state index is 13.8. The SMILES string of the molecule is Bc1cc(F)c(OCC2C3CN(c4ncc(CC)cn4)CC23)c(F)c1. The Balaban J connectivity index is 1.33. The average Bonchev–Trinajstić information content (AvgIpc) is 3.04. The number of halogens is 2. The fourth-order valence-electron chi connectivity index (χ4n) is 3.76. The maximum Gasteiger partial charge on any atom is 0.225 e. The highest BCUT2D eigenvalue weighted by atomic mass is 19.1. The predicted molar refractivity (Wildman–Crippen MR) is 94.1 cm³/mol. The molecule has 7 heteroatoms. The predicted octanol–water partition coefficient (Wildman–Crippen LogP) is 1.34. The van der Waals surface area contributed by atoms with Crippen molar-refractivity contribution in [3.63, 3.8) is 0 Å². The molecule has 130 valence electrons. The van der Waals surface area contributed by atoms with Crippen LogP contribution in [0.5, 0.6) is 5.75 Å². The second kappa shape index (κ2) is 6.28. The summed E-state index contributed by atoms with van der Waals surface area (Å²) in [6.07, 6.45) is 4.67. The van der Waals surface area contributed by atoms with Crippen LogP contribution in [0.4, 0.5) is 14.7 Å². The highest BCUT2D eigenvalue weighted by molar-refractivity contribution is 6.32. The van der Waals surface area contributed by atoms with Crippen LogP contribution in [-0.4, -0.2) is 37.5 Å². The quantitative estimate of drug-likeness (QED) is 0.768. The molecule has 2 atom stereocenters. The minimum atomic E-state index is -0.630. The second-order valence-electron chi connectivity index (χ2n) is 7.01. The fourth-order valence-corrected chi connectivity index (χ4v) is 3.76. The van der Waals surface area contributed by atoms with Gasteiger partial charge in [0.2, 0.25) is 5.95 Å². The summed E-state index contributed by atoms with van der Waals surface area (Å²) in [6.45, 7) is 4.19. The van der Waals surface area contributed by atoms with E-state index < -0.39 is 11.6 Å². The lowest BCUT2D eigenvalue weighted by Crippen LogP contribution is -2.27. The van der Waals surface area contributed by atoms with E-state index in [2.05, 4.69) is 21.8 Å². The van der Waals surface area contributed by atoms with Crippen molar-refractivity contribution in [2.75, 3.05) is 24.6 Å². The molecule has 1 aliphatic carbocycles. The van der Waals surface area contributed by atoms with Crippen molar-refractivity contribution in [3.05, 3.63) is 41.7 Å². The normalized spacial score (nSPS) is 24.3. The zero-order valence-electron chi connectivity index (χ0n) is 14.4. The summed E-state index contributed by atoms with van der Waals surface area (Å²) in [4.78, 5) is 11.0. The van der Waals surface area contributed by atoms with Crippen LogP contribution in [0.2, 0.25) is 0 Å². The monoisotopic (exact) mass is 343 g/mol. The van der Waals surface area contributed by atoms with E-state index in [0.717, 1.165) is 31.0 Å². The van der Waals surface area contributed by atoms with Crippen molar-refractivity contribution in [3.8, 4) is 5.75 Å². The van der Waals surface area contributed by atoms with Crippen LogP contribution >= 0.6 is 0 Å². The number of piperidine rings is 1. The molecule has 4 rings (SSSR count). The lowest BCUT2D eigenvalue weighted by atomic mass is 9.96. The number of rotatable bonds is 5. The van der Waals surface area contributed by atoms with E-state index in [0.29, 0.717) is 29.8 Å². The summed E-state index contributed by atoms with van der Waals surface area (Å²) >= 11 is 0. The van der Waals surface area contributed by atoms with Gasteiger partial charge in [-0.25, -0.2) is 18.7 Å². The Morgan fingerprint density at radius 1 is 1.16 bits per heavy atom. The van der Waals surface area contributed by atoms with Crippen LogP contribution in [0.25, 0.3) is 0 Å². The van der Waals surface area contributed by atoms with Crippen LogP contribution in [0.15, 0.2) is 24.5 Å². The number of fused-ring (bicyclic) bond motifs is 1. The molecular weight excluding hydrogens is 323 g/mol. The molecule has 1 aliphatic heterocycles. The van der Waals surface area contributed by atoms with Gasteiger partial charge in [0.1, 0.15) is 7.85 Å². The molecule has 2 unspecified atom stereocenters. The summed E-state index contributed by atoms with van der Waals surface area (Å²) in [5.41, 5.74) is 1.68. The molecule has 2 aliphatic rings. The largest absolute Gasteiger partial charge is 0.487 e. The number of aromatic nitrogens is 2. The van der Waals surface area contributed by atoms with Crippen LogP contribution in [0, 0.1) is 29.4 Å². The summed E-state index contributed by atoms with van der Waals surface area (Å²) in [5.74, 6) is 0.581. The van der Waals surface area contributed by atoms with Crippen molar-refractivity contribution in [2.45, 2.75) is 13.3 Å². The average molecular weight is 343 g/mol. The van der Waals surface area contributed by atoms with Gasteiger partial charge in [-0.3, -0.25) is 0 Å². The van der Waals surface area contributed by atoms with Crippen molar-refractivity contribution < 1.29 is 13.5 Å². The molecule has 0 amide bonds. The highest BCUT2D eigenvalue weighted by Crippen LogP contribution is 2.52. The molecule has 1 saturated carbocycles. The lowest BCUT2D eigenvalue weighted by Gasteiger charge is -2.20. The first kappa shape index (κ1) is 16.3. The number of nitrogens with zero attached hydrogens (tertiary/aromatic N) is 3. The van der Waals surface area contributed by atoms with Crippen LogP contribution in [0.3, 0.4) is 0 Å². The van der Waals surface area contributed by atoms with E-state index in [1.54, 1.807) is 7.85 Å². The first-order chi connectivity index (χ1) is 12.1. The molecule has 2 fully saturated rings. The number of hydrogen-bond acceptors (Lipinski definition) is 4. The minimum Gasteiger partial charge on any atom is -0.487 e. The van der Waals surface area contributed by atoms with Gasteiger partial charge >= 0.3 is 0 Å². The Morgan fingerprint density at radius 2 is 1.76 bits per heavy atom. The molecule has 0 radical (unpaired) electrons. The van der Waals surface area contributed by atoms with Crippen LogP contribution < -0.4 is 15.1 Å². The van der Waals surface area contributed by atoms with E-state index in [4.69, 9.17) is 4.74 Å². The molecule has 0 bridgehead atoms. The van der Waals surface area contributed by atoms with Gasteiger partial charge in [-0.2, -0.15) is 0 Å². The third-order valence-electron chi connectivity index (χ3n) is 5.32. The van der Waals surface area contributed by atoms with Gasteiger partial charge in [0.05, 0.1) is 6.61 Å². The standard InChI is InChI=1S/C18H20BF2N3O/c1-2-10-5-22-18(23-6-10)24-7-12-13(8-24)14(12)9-25-17-15(20)3-11(19)4-16(17)21/h3-6,12-14H,2,7-9,19H2,1H3. The van der Waals surface area contributed by atoms with Gasteiger partial charge in [-0.1, -0.05) is 12.4 Å². The van der Waals surface area contributed by atoms with Gasteiger partial charge in [-0.05, 0) is 36.0 Å². The molecule has 1 aromatic heterocycles. The maximum atomic E-state index is 13.8. The molecular formula is C18H20BF2N3O. The Bertz CT molecular complexity index is 751. The van der Waals surface area contributed by atoms with Crippen molar-refractivity contribution in [2.24, 2.45) is 17.8 Å². The van der Waals surface area contributed by atoms with Gasteiger partial charge in [0, 0.05) is 31.4 Å². The molecule has 1 aromatic carbocycles. The van der Waals surface area contributed by atoms with Gasteiger partial charge < -0.3 is 9.64 Å². The fraction of sp³-hybridized carbons (Fsp3) is 0.444. The van der Waals surface area contributed by atoms with E-state index in [9.17, 15) is 8.78 Å². The Hall–Kier alpha value is -2.18. The van der Waals surface area contributed by atoms with Gasteiger partial charge in [0.15, 0.2) is 17.4 Å². The van der Waals surface area contributed by atoms with E-state index in [1.165, 1.54) is 12.1 Å². The smallest absolute Gasteiger partial charge is 0.225 e. The van der Waals surface area contributed by atoms with E-state index >= 15 is 0 Å². The minimum absolute atomic E-state index is 0.258. The van der Waals surface area contributed by atoms with Crippen molar-refractivity contribution >= 4 is 19.3 Å². The molecule has 2 heterocycles. The number of anilines is 1. The first-order valence-corrected chi connectivity index (χ1v) is 8.71. The van der Waals surface area contributed by atoms with Crippen LogP contribution in [0.1, 0.15) is 12.5 Å². The third kappa shape index (κ3) is 3.07. The van der Waals surface area contributed by atoms with Crippen molar-refractivity contribution in [1.82, 2.24) is 9.97 Å². The molecule has 2 aromatic rings. The Labute approximate surface area is 146 Å². The molecule has 0 N–H and O–H groups in total. The Morgan fingerprint density at radius 3 is 2.32 bits per heavy atom. The molecule has 4 nitrogen and oxygen atoms in total. The second-order valence-corrected chi connectivity index (χ2v) is 7.01. The summed E-state index contributed by atoms with van der Waals surface area (Å²) in [6, 6.07) is 2.59. The summed E-state index contributed by atoms with van der Waals surface area (Å²) in [5, 5.41) is 0. The zero-order valence-corrected chi connectivity index (χ0v) is 14.4. The van der Waals surface area contributed by atoms with Gasteiger partial charge in [0.25, 0.3) is 0 Å². The summed E-state index contributed by atoms with van der Waals surface area (Å²) in [7, 11) is 1.66. The molecule has 0 spiro atoms. The number of ether oxygens (including phenoxy) is 1. The Kier molecular flexibility index (Phi) is 4.09. The number of aryl methyl sites for hydroxylation is 1. The van der Waals surface area contributed by atoms with E-state index in [-0.39, 0.29) is 5.75 Å². The molecule has 1 saturated heterocycles. The number of benzene rings is 1. The lowest BCUT2D eigenvalue weighted by molar-refractivity contribution is 0.257. The molecule has 25 heavy (non-hydrogen) atoms. The van der Waals surface area contributed by atoms with Gasteiger partial charge in [-0.15, -0.1) is 0 Å². The summed E-state index contributed by atoms with van der Waals surface area (Å²) < 4.78 is 33.1. The van der Waals surface area contributed by atoms with Crippen molar-refractivity contribution in [1.29, 1.82) is 0 Å². The number of hydrogen-bond donors (Lipinski definition) is 0.